The molecule has 6 rings (SSSR count). The number of hydrogen-bond donors (Lipinski definition) is 2. The number of aromatic nitrogens is 1. The fourth-order valence-electron chi connectivity index (χ4n) is 7.68. The number of hydrogen-bond acceptors (Lipinski definition) is 5. The molecular formula is C31H36FNO5P+. The van der Waals surface area contributed by atoms with E-state index in [4.69, 9.17) is 9.51 Å². The maximum Gasteiger partial charge on any atom is 0.543 e. The van der Waals surface area contributed by atoms with E-state index in [-0.39, 0.29) is 23.4 Å². The Bertz CT molecular complexity index is 1300. The summed E-state index contributed by atoms with van der Waals surface area (Å²) in [6, 6.07) is 10.8. The van der Waals surface area contributed by atoms with Gasteiger partial charge >= 0.3 is 19.2 Å². The van der Waals surface area contributed by atoms with E-state index < -0.39 is 30.6 Å². The number of pyridine rings is 1. The molecule has 0 saturated heterocycles. The highest BCUT2D eigenvalue weighted by atomic mass is 31.1. The van der Waals surface area contributed by atoms with E-state index in [2.05, 4.69) is 11.8 Å². The molecule has 4 saturated carbocycles. The topological polar surface area (TPSA) is 96.7 Å². The molecule has 2 N–H and O–H groups in total. The molecule has 2 aromatic rings. The van der Waals surface area contributed by atoms with Gasteiger partial charge in [-0.1, -0.05) is 38.0 Å². The van der Waals surface area contributed by atoms with Gasteiger partial charge in [0, 0.05) is 23.4 Å². The maximum atomic E-state index is 13.8. The zero-order valence-corrected chi connectivity index (χ0v) is 23.6. The van der Waals surface area contributed by atoms with Crippen LogP contribution in [0.3, 0.4) is 0 Å². The number of carboxylic acids is 1. The molecule has 4 bridgehead atoms. The molecule has 0 spiro atoms. The molecule has 206 valence electrons. The predicted octanol–water partition coefficient (Wildman–Crippen LogP) is 5.99. The van der Waals surface area contributed by atoms with Gasteiger partial charge in [0.05, 0.1) is 12.8 Å². The number of benzene rings is 1. The molecule has 8 heteroatoms. The van der Waals surface area contributed by atoms with Crippen molar-refractivity contribution in [1.82, 2.24) is 4.98 Å². The van der Waals surface area contributed by atoms with Gasteiger partial charge in [-0.3, -0.25) is 4.98 Å². The summed E-state index contributed by atoms with van der Waals surface area (Å²) in [5.74, 6) is 5.23. The van der Waals surface area contributed by atoms with E-state index in [1.807, 2.05) is 6.07 Å². The molecule has 0 aliphatic heterocycles. The van der Waals surface area contributed by atoms with Crippen LogP contribution >= 0.6 is 8.03 Å². The molecule has 4 aliphatic carbocycles. The number of rotatable bonds is 8. The van der Waals surface area contributed by atoms with Crippen LogP contribution in [0.5, 0.6) is 0 Å². The molecule has 1 aromatic heterocycles. The van der Waals surface area contributed by atoms with Gasteiger partial charge in [0.1, 0.15) is 5.82 Å². The molecule has 4 fully saturated rings. The third-order valence-corrected chi connectivity index (χ3v) is 10.6. The number of aliphatic carboxylic acids is 1. The Morgan fingerprint density at radius 2 is 1.72 bits per heavy atom. The summed E-state index contributed by atoms with van der Waals surface area (Å²) >= 11 is 0. The van der Waals surface area contributed by atoms with Crippen LogP contribution in [0, 0.1) is 41.3 Å². The van der Waals surface area contributed by atoms with E-state index >= 15 is 0 Å². The monoisotopic (exact) mass is 552 g/mol. The zero-order chi connectivity index (χ0) is 28.0. The minimum absolute atomic E-state index is 0.0842. The molecular weight excluding hydrogens is 516 g/mol. The van der Waals surface area contributed by atoms with Gasteiger partial charge in [0.25, 0.3) is 0 Å². The van der Waals surface area contributed by atoms with Crippen LogP contribution < -0.4 is 0 Å². The number of nitrogens with zero attached hydrogens (tertiary/aromatic N) is 1. The third kappa shape index (κ3) is 4.82. The van der Waals surface area contributed by atoms with Gasteiger partial charge in [-0.15, -0.1) is 4.52 Å². The highest BCUT2D eigenvalue weighted by Crippen LogP contribution is 2.61. The second-order valence-corrected chi connectivity index (χ2v) is 13.7. The van der Waals surface area contributed by atoms with Crippen LogP contribution in [0.15, 0.2) is 42.5 Å². The van der Waals surface area contributed by atoms with Gasteiger partial charge in [-0.25, -0.2) is 9.18 Å². The van der Waals surface area contributed by atoms with Gasteiger partial charge in [-0.05, 0) is 96.6 Å². The van der Waals surface area contributed by atoms with Crippen LogP contribution in [0.4, 0.5) is 4.39 Å². The Morgan fingerprint density at radius 1 is 1.13 bits per heavy atom. The molecule has 3 atom stereocenters. The van der Waals surface area contributed by atoms with Gasteiger partial charge < -0.3 is 10.2 Å². The third-order valence-electron chi connectivity index (χ3n) is 9.02. The van der Waals surface area contributed by atoms with Crippen LogP contribution in [-0.4, -0.2) is 33.4 Å². The normalized spacial score (nSPS) is 28.8. The van der Waals surface area contributed by atoms with E-state index in [0.717, 1.165) is 32.1 Å². The van der Waals surface area contributed by atoms with Gasteiger partial charge in [0.2, 0.25) is 0 Å². The number of halogens is 1. The fourth-order valence-corrected chi connectivity index (χ4v) is 8.76. The Hall–Kier alpha value is -2.65. The Balaban J connectivity index is 1.70. The maximum absolute atomic E-state index is 13.8. The molecule has 1 aromatic carbocycles. The van der Waals surface area contributed by atoms with Crippen molar-refractivity contribution in [2.24, 2.45) is 23.7 Å². The quantitative estimate of drug-likeness (QED) is 0.309. The summed E-state index contributed by atoms with van der Waals surface area (Å²) in [5, 5.41) is 20.7. The smallest absolute Gasteiger partial charge is 0.477 e. The van der Waals surface area contributed by atoms with Crippen molar-refractivity contribution in [3.05, 3.63) is 65.2 Å². The van der Waals surface area contributed by atoms with Crippen molar-refractivity contribution in [3.8, 4) is 11.8 Å². The lowest BCUT2D eigenvalue weighted by molar-refractivity contribution is -0.146. The summed E-state index contributed by atoms with van der Waals surface area (Å²) in [7, 11) is -1.89. The number of carbonyl (C=O) groups is 1. The predicted molar refractivity (Wildman–Crippen MR) is 146 cm³/mol. The molecule has 4 aliphatic rings. The number of carboxylic acid groups (broad SMARTS) is 1. The highest BCUT2D eigenvalue weighted by molar-refractivity contribution is 7.43. The summed E-state index contributed by atoms with van der Waals surface area (Å²) < 4.78 is 32.4. The minimum Gasteiger partial charge on any atom is -0.477 e. The van der Waals surface area contributed by atoms with Crippen LogP contribution in [0.1, 0.15) is 69.3 Å². The standard InChI is InChI=1S/C31H35FNO5P/c1-20(2)11-12-31(28(34)35,39(37)38-3)30(36,19-21-7-9-25(32)10-8-21)27-6-4-5-26(33-27)29-16-22-13-23(17-29)15-24(14-22)18-29/h4-10,20,22-24,36H,13-19H2,1-3H3/p+1. The summed E-state index contributed by atoms with van der Waals surface area (Å²) in [4.78, 5) is 18.1. The first-order valence-corrected chi connectivity index (χ1v) is 14.9. The Morgan fingerprint density at radius 3 is 2.23 bits per heavy atom. The summed E-state index contributed by atoms with van der Waals surface area (Å²) in [5.41, 5.74) is -1.07. The molecule has 39 heavy (non-hydrogen) atoms. The lowest BCUT2D eigenvalue weighted by Gasteiger charge is -2.56. The SMILES string of the molecule is CO[P+](=O)C(C#CC(C)C)(C(=O)O)C(O)(Cc1ccc(F)cc1)c1cccc(C23CC4CC(CC(C4)C2)C3)n1. The first kappa shape index (κ1) is 27.9. The summed E-state index contributed by atoms with van der Waals surface area (Å²) in [6.45, 7) is 3.56. The molecule has 3 unspecified atom stereocenters. The van der Waals surface area contributed by atoms with Gasteiger partial charge in [0.15, 0.2) is 5.60 Å². The van der Waals surface area contributed by atoms with E-state index in [9.17, 15) is 24.0 Å². The van der Waals surface area contributed by atoms with E-state index in [1.165, 1.54) is 43.5 Å². The van der Waals surface area contributed by atoms with Crippen molar-refractivity contribution in [1.29, 1.82) is 0 Å². The van der Waals surface area contributed by atoms with Gasteiger partial charge in [-0.2, -0.15) is 0 Å². The lowest BCUT2D eigenvalue weighted by Crippen LogP contribution is -2.56. The Labute approximate surface area is 230 Å². The highest BCUT2D eigenvalue weighted by Gasteiger charge is 2.73. The minimum atomic E-state index is -3.03. The van der Waals surface area contributed by atoms with Crippen LogP contribution in [0.25, 0.3) is 0 Å². The fraction of sp³-hybridized carbons (Fsp3) is 0.548. The first-order valence-electron chi connectivity index (χ1n) is 13.7. The van der Waals surface area contributed by atoms with Crippen molar-refractivity contribution in [2.75, 3.05) is 7.11 Å². The van der Waals surface area contributed by atoms with Crippen molar-refractivity contribution < 1.29 is 28.5 Å². The first-order chi connectivity index (χ1) is 18.5. The average molecular weight is 553 g/mol. The van der Waals surface area contributed by atoms with Crippen LogP contribution in [-0.2, 0) is 31.3 Å². The van der Waals surface area contributed by atoms with Crippen molar-refractivity contribution in [2.45, 2.75) is 75.0 Å². The van der Waals surface area contributed by atoms with Crippen molar-refractivity contribution in [3.63, 3.8) is 0 Å². The Kier molecular flexibility index (Phi) is 7.44. The van der Waals surface area contributed by atoms with Crippen molar-refractivity contribution >= 4 is 14.0 Å². The molecule has 6 nitrogen and oxygen atoms in total. The summed E-state index contributed by atoms with van der Waals surface area (Å²) in [6.07, 6.45) is 6.59. The van der Waals surface area contributed by atoms with E-state index in [1.54, 1.807) is 26.0 Å². The lowest BCUT2D eigenvalue weighted by atomic mass is 9.49. The zero-order valence-electron chi connectivity index (χ0n) is 22.7. The van der Waals surface area contributed by atoms with E-state index in [0.29, 0.717) is 23.3 Å². The van der Waals surface area contributed by atoms with Crippen LogP contribution in [0.2, 0.25) is 0 Å². The second-order valence-electron chi connectivity index (χ2n) is 12.1. The molecule has 0 amide bonds. The molecule has 0 radical (unpaired) electrons. The largest absolute Gasteiger partial charge is 0.543 e. The molecule has 1 heterocycles. The average Bonchev–Trinajstić information content (AvgIpc) is 2.89. The second kappa shape index (κ2) is 10.4. The number of aliphatic hydroxyl groups is 1.